The van der Waals surface area contributed by atoms with Crippen LogP contribution in [0.25, 0.3) is 6.08 Å². The van der Waals surface area contributed by atoms with Crippen LogP contribution in [0.3, 0.4) is 0 Å². The third-order valence-electron chi connectivity index (χ3n) is 5.34. The Balaban J connectivity index is 1.47. The van der Waals surface area contributed by atoms with Gasteiger partial charge in [0.1, 0.15) is 24.7 Å². The van der Waals surface area contributed by atoms with Crippen LogP contribution in [-0.2, 0) is 16.2 Å². The summed E-state index contributed by atoms with van der Waals surface area (Å²) >= 11 is 14.1. The predicted molar refractivity (Wildman–Crippen MR) is 150 cm³/mol. The van der Waals surface area contributed by atoms with Crippen molar-refractivity contribution < 1.29 is 28.2 Å². The predicted octanol–water partition coefficient (Wildman–Crippen LogP) is 5.86. The molecule has 196 valence electrons. The van der Waals surface area contributed by atoms with Gasteiger partial charge in [0.25, 0.3) is 5.91 Å². The van der Waals surface area contributed by atoms with Crippen molar-refractivity contribution in [3.63, 3.8) is 0 Å². The zero-order valence-electron chi connectivity index (χ0n) is 19.7. The van der Waals surface area contributed by atoms with E-state index in [4.69, 9.17) is 32.7 Å². The molecule has 3 aromatic rings. The van der Waals surface area contributed by atoms with Crippen molar-refractivity contribution in [2.75, 3.05) is 19.0 Å². The van der Waals surface area contributed by atoms with E-state index in [0.29, 0.717) is 30.7 Å². The van der Waals surface area contributed by atoms with Crippen LogP contribution in [0.2, 0.25) is 10.0 Å². The van der Waals surface area contributed by atoms with Crippen molar-refractivity contribution in [3.8, 4) is 11.5 Å². The van der Waals surface area contributed by atoms with Gasteiger partial charge in [-0.2, -0.15) is 0 Å². The van der Waals surface area contributed by atoms with Crippen LogP contribution in [0, 0.1) is 9.39 Å². The number of halogens is 4. The van der Waals surface area contributed by atoms with Gasteiger partial charge >= 0.3 is 6.03 Å². The summed E-state index contributed by atoms with van der Waals surface area (Å²) in [6.45, 7) is -0.374. The van der Waals surface area contributed by atoms with Gasteiger partial charge in [0.15, 0.2) is 11.5 Å². The minimum absolute atomic E-state index is 0.0315. The highest BCUT2D eigenvalue weighted by Gasteiger charge is 2.35. The maximum Gasteiger partial charge on any atom is 0.329 e. The number of benzene rings is 3. The lowest BCUT2D eigenvalue weighted by Crippen LogP contribution is -2.38. The van der Waals surface area contributed by atoms with Crippen LogP contribution in [0.4, 0.5) is 14.9 Å². The Morgan fingerprint density at radius 2 is 1.89 bits per heavy atom. The van der Waals surface area contributed by atoms with Crippen molar-refractivity contribution in [2.24, 2.45) is 0 Å². The molecule has 2 N–H and O–H groups in total. The molecule has 8 nitrogen and oxygen atoms in total. The van der Waals surface area contributed by atoms with Crippen LogP contribution in [-0.4, -0.2) is 36.4 Å². The Labute approximate surface area is 240 Å². The van der Waals surface area contributed by atoms with Crippen LogP contribution in [0.1, 0.15) is 11.1 Å². The Kier molecular flexibility index (Phi) is 8.75. The quantitative estimate of drug-likeness (QED) is 0.178. The molecule has 4 amide bonds. The number of methoxy groups -OCH3 is 1. The molecule has 0 unspecified atom stereocenters. The number of amides is 4. The molecule has 4 rings (SSSR count). The molecule has 1 aliphatic rings. The molecule has 0 radical (unpaired) electrons. The number of nitrogens with zero attached hydrogens (tertiary/aromatic N) is 1. The van der Waals surface area contributed by atoms with Crippen LogP contribution >= 0.6 is 45.8 Å². The Bertz CT molecular complexity index is 1470. The standard InChI is InChI=1S/C26H19Cl2FIN3O5/c1-37-22-11-15(9-19(30)24(22)38-13-14-6-7-16(27)17(28)8-14)10-21-25(35)33(26(36)32-21)12-23(34)31-20-5-3-2-4-18(20)29/h2-11H,12-13H2,1H3,(H,31,34)(H,32,36)/b21-10+. The van der Waals surface area contributed by atoms with Crippen molar-refractivity contribution in [2.45, 2.75) is 6.61 Å². The fraction of sp³-hybridized carbons (Fsp3) is 0.115. The van der Waals surface area contributed by atoms with E-state index in [-0.39, 0.29) is 18.0 Å². The number of nitrogens with one attached hydrogen (secondary N) is 2. The molecule has 1 heterocycles. The number of imide groups is 1. The fourth-order valence-electron chi connectivity index (χ4n) is 3.53. The van der Waals surface area contributed by atoms with Gasteiger partial charge in [0.2, 0.25) is 5.91 Å². The van der Waals surface area contributed by atoms with E-state index in [0.717, 1.165) is 10.5 Å². The summed E-state index contributed by atoms with van der Waals surface area (Å²) in [6.07, 6.45) is 1.46. The lowest BCUT2D eigenvalue weighted by molar-refractivity contribution is -0.127. The van der Waals surface area contributed by atoms with E-state index in [1.165, 1.54) is 31.4 Å². The summed E-state index contributed by atoms with van der Waals surface area (Å²) in [5.41, 5.74) is 1.27. The molecule has 0 atom stereocenters. The molecule has 38 heavy (non-hydrogen) atoms. The largest absolute Gasteiger partial charge is 0.493 e. The van der Waals surface area contributed by atoms with E-state index in [1.54, 1.807) is 36.4 Å². The molecular weight excluding hydrogens is 651 g/mol. The average molecular weight is 670 g/mol. The monoisotopic (exact) mass is 669 g/mol. The summed E-state index contributed by atoms with van der Waals surface area (Å²) in [5.74, 6) is -1.17. The van der Waals surface area contributed by atoms with Gasteiger partial charge < -0.3 is 20.1 Å². The third-order valence-corrected chi connectivity index (χ3v) is 6.88. The smallest absolute Gasteiger partial charge is 0.329 e. The van der Waals surface area contributed by atoms with Gasteiger partial charge in [0.05, 0.1) is 26.4 Å². The molecule has 1 aliphatic heterocycles. The van der Waals surface area contributed by atoms with E-state index in [2.05, 4.69) is 33.2 Å². The van der Waals surface area contributed by atoms with Crippen molar-refractivity contribution in [3.05, 3.63) is 90.9 Å². The molecule has 12 heteroatoms. The lowest BCUT2D eigenvalue weighted by atomic mass is 10.1. The summed E-state index contributed by atoms with van der Waals surface area (Å²) in [7, 11) is 1.48. The minimum atomic E-state index is -0.770. The fourth-order valence-corrected chi connectivity index (χ4v) is 4.63. The summed E-state index contributed by atoms with van der Waals surface area (Å²) in [4.78, 5) is 38.3. The zero-order chi connectivity index (χ0) is 27.4. The van der Waals surface area contributed by atoms with Gasteiger partial charge in [0, 0.05) is 0 Å². The Morgan fingerprint density at radius 1 is 1.13 bits per heavy atom. The van der Waals surface area contributed by atoms with Gasteiger partial charge in [-0.15, -0.1) is 0 Å². The normalized spacial score (nSPS) is 14.0. The Morgan fingerprint density at radius 3 is 2.61 bits per heavy atom. The first-order chi connectivity index (χ1) is 18.2. The maximum atomic E-state index is 13.8. The molecule has 0 saturated carbocycles. The zero-order valence-corrected chi connectivity index (χ0v) is 23.4. The maximum absolute atomic E-state index is 13.8. The first-order valence-corrected chi connectivity index (χ1v) is 12.8. The first kappa shape index (κ1) is 27.7. The second-order valence-corrected chi connectivity index (χ2v) is 9.96. The number of carbonyl (C=O) groups is 3. The van der Waals surface area contributed by atoms with Gasteiger partial charge in [-0.25, -0.2) is 14.1 Å². The molecule has 1 saturated heterocycles. The van der Waals surface area contributed by atoms with E-state index >= 15 is 0 Å². The van der Waals surface area contributed by atoms with Crippen molar-refractivity contribution in [1.82, 2.24) is 10.2 Å². The molecule has 0 aliphatic carbocycles. The highest BCUT2D eigenvalue weighted by Crippen LogP contribution is 2.35. The number of para-hydroxylation sites is 1. The molecular formula is C26H19Cl2FIN3O5. The van der Waals surface area contributed by atoms with Gasteiger partial charge in [-0.1, -0.05) is 41.4 Å². The molecule has 1 fully saturated rings. The third kappa shape index (κ3) is 6.37. The second-order valence-electron chi connectivity index (χ2n) is 7.98. The van der Waals surface area contributed by atoms with Crippen LogP contribution in [0.15, 0.2) is 60.3 Å². The summed E-state index contributed by atoms with van der Waals surface area (Å²) < 4.78 is 25.9. The highest BCUT2D eigenvalue weighted by molar-refractivity contribution is 14.1. The lowest BCUT2D eigenvalue weighted by Gasteiger charge is -2.14. The average Bonchev–Trinajstić information content (AvgIpc) is 3.13. The number of hydrogen-bond acceptors (Lipinski definition) is 5. The number of rotatable bonds is 8. The van der Waals surface area contributed by atoms with E-state index in [9.17, 15) is 18.8 Å². The van der Waals surface area contributed by atoms with E-state index < -0.39 is 30.2 Å². The molecule has 0 aromatic heterocycles. The van der Waals surface area contributed by atoms with Crippen molar-refractivity contribution in [1.29, 1.82) is 0 Å². The van der Waals surface area contributed by atoms with Gasteiger partial charge in [-0.05, 0) is 76.2 Å². The number of anilines is 1. The SMILES string of the molecule is COc1cc(/C=C2/NC(=O)N(CC(=O)Nc3ccccc3F)C2=O)cc(I)c1OCc1ccc(Cl)c(Cl)c1. The summed E-state index contributed by atoms with van der Waals surface area (Å²) in [6, 6.07) is 13.4. The number of hydrogen-bond donors (Lipinski definition) is 2. The van der Waals surface area contributed by atoms with Gasteiger partial charge in [-0.3, -0.25) is 9.59 Å². The molecule has 3 aromatic carbocycles. The van der Waals surface area contributed by atoms with Crippen molar-refractivity contribution >= 4 is 75.4 Å². The Hall–Kier alpha value is -3.35. The first-order valence-electron chi connectivity index (χ1n) is 11.0. The highest BCUT2D eigenvalue weighted by atomic mass is 127. The number of ether oxygens (including phenoxy) is 2. The molecule has 0 spiro atoms. The van der Waals surface area contributed by atoms with E-state index in [1.807, 2.05) is 0 Å². The van der Waals surface area contributed by atoms with Crippen LogP contribution < -0.4 is 20.1 Å². The second kappa shape index (κ2) is 12.0. The molecule has 0 bridgehead atoms. The minimum Gasteiger partial charge on any atom is -0.493 e. The van der Waals surface area contributed by atoms with Crippen LogP contribution in [0.5, 0.6) is 11.5 Å². The number of carbonyl (C=O) groups excluding carboxylic acids is 3. The summed E-state index contributed by atoms with van der Waals surface area (Å²) in [5, 5.41) is 5.66. The topological polar surface area (TPSA) is 97.0 Å². The number of urea groups is 1.